The molecule has 0 saturated carbocycles. The van der Waals surface area contributed by atoms with E-state index in [0.717, 1.165) is 11.3 Å². The van der Waals surface area contributed by atoms with Crippen molar-refractivity contribution in [2.24, 2.45) is 12.1 Å². The summed E-state index contributed by atoms with van der Waals surface area (Å²) in [5, 5.41) is 8.14. The third-order valence-electron chi connectivity index (χ3n) is 3.03. The van der Waals surface area contributed by atoms with Gasteiger partial charge in [-0.1, -0.05) is 0 Å². The normalized spacial score (nSPS) is 10.7. The van der Waals surface area contributed by atoms with Gasteiger partial charge in [-0.2, -0.15) is 10.2 Å². The van der Waals surface area contributed by atoms with Crippen LogP contribution in [0, 0.1) is 6.92 Å². The molecule has 1 N–H and O–H groups in total. The Morgan fingerprint density at radius 1 is 1.27 bits per heavy atom. The highest BCUT2D eigenvalue weighted by Gasteiger charge is 2.09. The van der Waals surface area contributed by atoms with Gasteiger partial charge in [-0.05, 0) is 19.1 Å². The van der Waals surface area contributed by atoms with Crippen LogP contribution in [0.2, 0.25) is 0 Å². The molecule has 7 nitrogen and oxygen atoms in total. The summed E-state index contributed by atoms with van der Waals surface area (Å²) in [5.41, 5.74) is 4.54. The maximum atomic E-state index is 12.1. The molecule has 0 bridgehead atoms. The molecule has 0 aliphatic heterocycles. The molecule has 22 heavy (non-hydrogen) atoms. The summed E-state index contributed by atoms with van der Waals surface area (Å²) in [6.45, 7) is 1.87. The zero-order valence-corrected chi connectivity index (χ0v) is 13.0. The predicted molar refractivity (Wildman–Crippen MR) is 82.6 cm³/mol. The average Bonchev–Trinajstić information content (AvgIpc) is 2.84. The van der Waals surface area contributed by atoms with E-state index >= 15 is 0 Å². The van der Waals surface area contributed by atoms with Crippen LogP contribution in [0.4, 0.5) is 0 Å². The number of hydrogen-bond donors (Lipinski definition) is 1. The van der Waals surface area contributed by atoms with Crippen LogP contribution in [-0.4, -0.2) is 36.1 Å². The van der Waals surface area contributed by atoms with Crippen molar-refractivity contribution in [3.63, 3.8) is 0 Å². The van der Waals surface area contributed by atoms with Crippen LogP contribution < -0.4 is 14.9 Å². The van der Waals surface area contributed by atoms with Crippen LogP contribution in [0.3, 0.4) is 0 Å². The summed E-state index contributed by atoms with van der Waals surface area (Å²) in [6, 6.07) is 4.92. The van der Waals surface area contributed by atoms with Crippen molar-refractivity contribution in [3.05, 3.63) is 41.2 Å². The number of hydrazone groups is 1. The summed E-state index contributed by atoms with van der Waals surface area (Å²) < 4.78 is 11.9. The number of rotatable bonds is 5. The first kappa shape index (κ1) is 15.6. The number of nitrogens with one attached hydrogen (secondary N) is 1. The zero-order valence-electron chi connectivity index (χ0n) is 13.0. The van der Waals surface area contributed by atoms with Gasteiger partial charge in [0.05, 0.1) is 26.1 Å². The molecule has 1 aromatic heterocycles. The number of aromatic nitrogens is 2. The Morgan fingerprint density at radius 3 is 2.41 bits per heavy atom. The van der Waals surface area contributed by atoms with Gasteiger partial charge in [0.15, 0.2) is 0 Å². The molecule has 7 heteroatoms. The van der Waals surface area contributed by atoms with Crippen molar-refractivity contribution >= 4 is 12.1 Å². The number of carbonyl (C=O) groups excluding carboxylic acids is 1. The third kappa shape index (κ3) is 3.63. The predicted octanol–water partition coefficient (Wildman–Crippen LogP) is 1.51. The number of methoxy groups -OCH3 is 2. The number of hydrogen-bond acceptors (Lipinski definition) is 5. The first-order valence-corrected chi connectivity index (χ1v) is 6.60. The van der Waals surface area contributed by atoms with E-state index in [1.165, 1.54) is 14.2 Å². The molecule has 2 rings (SSSR count). The van der Waals surface area contributed by atoms with Crippen molar-refractivity contribution < 1.29 is 14.3 Å². The first-order valence-electron chi connectivity index (χ1n) is 6.60. The fourth-order valence-corrected chi connectivity index (χ4v) is 1.91. The molecule has 0 unspecified atom stereocenters. The lowest BCUT2D eigenvalue weighted by Crippen LogP contribution is -2.17. The smallest absolute Gasteiger partial charge is 0.271 e. The molecular weight excluding hydrogens is 284 g/mol. The van der Waals surface area contributed by atoms with Crippen LogP contribution in [0.25, 0.3) is 0 Å². The standard InChI is InChI=1S/C15H18N4O3/c1-10-12(9-19(2)18-10)8-16-17-15(20)11-5-13(21-3)7-14(6-11)22-4/h5-9H,1-4H3,(H,17,20)/b16-8-. The highest BCUT2D eigenvalue weighted by molar-refractivity contribution is 5.95. The molecular formula is C15H18N4O3. The molecule has 0 radical (unpaired) electrons. The molecule has 1 aromatic carbocycles. The zero-order chi connectivity index (χ0) is 16.1. The lowest BCUT2D eigenvalue weighted by molar-refractivity contribution is 0.0954. The second-order valence-electron chi connectivity index (χ2n) is 4.64. The van der Waals surface area contributed by atoms with Crippen LogP contribution in [0.5, 0.6) is 11.5 Å². The Balaban J connectivity index is 2.10. The van der Waals surface area contributed by atoms with Gasteiger partial charge in [0.2, 0.25) is 0 Å². The Hall–Kier alpha value is -2.83. The molecule has 0 spiro atoms. The highest BCUT2D eigenvalue weighted by Crippen LogP contribution is 2.22. The van der Waals surface area contributed by atoms with Gasteiger partial charge in [-0.15, -0.1) is 0 Å². The lowest BCUT2D eigenvalue weighted by atomic mass is 10.2. The molecule has 0 aliphatic carbocycles. The van der Waals surface area contributed by atoms with E-state index < -0.39 is 0 Å². The van der Waals surface area contributed by atoms with E-state index in [9.17, 15) is 4.79 Å². The Morgan fingerprint density at radius 2 is 1.91 bits per heavy atom. The van der Waals surface area contributed by atoms with Crippen LogP contribution in [0.1, 0.15) is 21.6 Å². The third-order valence-corrected chi connectivity index (χ3v) is 3.03. The maximum Gasteiger partial charge on any atom is 0.271 e. The Bertz CT molecular complexity index is 685. The van der Waals surface area contributed by atoms with E-state index in [1.807, 2.05) is 20.2 Å². The van der Waals surface area contributed by atoms with Gasteiger partial charge in [0.25, 0.3) is 5.91 Å². The number of amides is 1. The monoisotopic (exact) mass is 302 g/mol. The number of nitrogens with zero attached hydrogens (tertiary/aromatic N) is 3. The van der Waals surface area contributed by atoms with E-state index in [1.54, 1.807) is 29.1 Å². The summed E-state index contributed by atoms with van der Waals surface area (Å²) in [4.78, 5) is 12.1. The highest BCUT2D eigenvalue weighted by atomic mass is 16.5. The van der Waals surface area contributed by atoms with Crippen molar-refractivity contribution in [1.82, 2.24) is 15.2 Å². The van der Waals surface area contributed by atoms with Gasteiger partial charge in [-0.25, -0.2) is 5.43 Å². The van der Waals surface area contributed by atoms with Crippen molar-refractivity contribution in [3.8, 4) is 11.5 Å². The second-order valence-corrected chi connectivity index (χ2v) is 4.64. The van der Waals surface area contributed by atoms with Crippen LogP contribution >= 0.6 is 0 Å². The minimum atomic E-state index is -0.352. The number of carbonyl (C=O) groups is 1. The Kier molecular flexibility index (Phi) is 4.77. The first-order chi connectivity index (χ1) is 10.5. The lowest BCUT2D eigenvalue weighted by Gasteiger charge is -2.07. The van der Waals surface area contributed by atoms with E-state index in [0.29, 0.717) is 17.1 Å². The molecule has 1 heterocycles. The van der Waals surface area contributed by atoms with E-state index in [4.69, 9.17) is 9.47 Å². The SMILES string of the molecule is COc1cc(OC)cc(C(=O)N/N=C\c2cn(C)nc2C)c1. The van der Waals surface area contributed by atoms with Crippen molar-refractivity contribution in [2.75, 3.05) is 14.2 Å². The molecule has 0 fully saturated rings. The summed E-state index contributed by atoms with van der Waals surface area (Å²) in [5.74, 6) is 0.725. The van der Waals surface area contributed by atoms with E-state index in [-0.39, 0.29) is 5.91 Å². The minimum absolute atomic E-state index is 0.352. The second kappa shape index (κ2) is 6.75. The maximum absolute atomic E-state index is 12.1. The molecule has 0 atom stereocenters. The quantitative estimate of drug-likeness (QED) is 0.671. The number of benzene rings is 1. The molecule has 0 saturated heterocycles. The topological polar surface area (TPSA) is 77.7 Å². The van der Waals surface area contributed by atoms with Crippen LogP contribution in [0.15, 0.2) is 29.5 Å². The minimum Gasteiger partial charge on any atom is -0.497 e. The van der Waals surface area contributed by atoms with Gasteiger partial charge < -0.3 is 9.47 Å². The van der Waals surface area contributed by atoms with Crippen molar-refractivity contribution in [1.29, 1.82) is 0 Å². The fraction of sp³-hybridized carbons (Fsp3) is 0.267. The fourth-order valence-electron chi connectivity index (χ4n) is 1.91. The summed E-state index contributed by atoms with van der Waals surface area (Å²) >= 11 is 0. The van der Waals surface area contributed by atoms with Gasteiger partial charge in [0, 0.05) is 30.4 Å². The summed E-state index contributed by atoms with van der Waals surface area (Å²) in [7, 11) is 4.88. The van der Waals surface area contributed by atoms with Gasteiger partial charge >= 0.3 is 0 Å². The van der Waals surface area contributed by atoms with Gasteiger partial charge in [-0.3, -0.25) is 9.48 Å². The van der Waals surface area contributed by atoms with Gasteiger partial charge in [0.1, 0.15) is 11.5 Å². The molecule has 0 aliphatic rings. The largest absolute Gasteiger partial charge is 0.497 e. The number of ether oxygens (including phenoxy) is 2. The summed E-state index contributed by atoms with van der Waals surface area (Å²) in [6.07, 6.45) is 3.37. The molecule has 1 amide bonds. The Labute approximate surface area is 128 Å². The molecule has 116 valence electrons. The van der Waals surface area contributed by atoms with Crippen molar-refractivity contribution in [2.45, 2.75) is 6.92 Å². The van der Waals surface area contributed by atoms with E-state index in [2.05, 4.69) is 15.6 Å². The molecule has 2 aromatic rings. The van der Waals surface area contributed by atoms with Crippen LogP contribution in [-0.2, 0) is 7.05 Å². The average molecular weight is 302 g/mol. The number of aryl methyl sites for hydroxylation is 2.